The summed E-state index contributed by atoms with van der Waals surface area (Å²) in [5.74, 6) is 0. The smallest absolute Gasteiger partial charge is 0.394 e. The summed E-state index contributed by atoms with van der Waals surface area (Å²) in [5, 5.41) is 9.45. The van der Waals surface area contributed by atoms with Crippen molar-refractivity contribution >= 4 is 0 Å². The summed E-state index contributed by atoms with van der Waals surface area (Å²) in [6.45, 7) is 0.351. The predicted octanol–water partition coefficient (Wildman–Crippen LogP) is 1.72. The van der Waals surface area contributed by atoms with Crippen LogP contribution in [0.3, 0.4) is 0 Å². The Bertz CT molecular complexity index is 383. The van der Waals surface area contributed by atoms with E-state index in [0.717, 1.165) is 0 Å². The summed E-state index contributed by atoms with van der Waals surface area (Å²) < 4.78 is 37.3. The van der Waals surface area contributed by atoms with Crippen molar-refractivity contribution in [1.82, 2.24) is 4.90 Å². The molecule has 0 saturated heterocycles. The second-order valence-corrected chi connectivity index (χ2v) is 4.60. The first-order valence-corrected chi connectivity index (χ1v) is 6.05. The molecule has 0 saturated carbocycles. The Kier molecular flexibility index (Phi) is 5.34. The van der Waals surface area contributed by atoms with Crippen LogP contribution < -0.4 is 5.73 Å². The Hall–Kier alpha value is -1.11. The average molecular weight is 276 g/mol. The fraction of sp³-hybridized carbons (Fsp3) is 0.538. The van der Waals surface area contributed by atoms with E-state index < -0.39 is 24.9 Å². The summed E-state index contributed by atoms with van der Waals surface area (Å²) in [6, 6.07) is 8.68. The van der Waals surface area contributed by atoms with E-state index in [4.69, 9.17) is 5.73 Å². The molecule has 108 valence electrons. The second-order valence-electron chi connectivity index (χ2n) is 4.60. The minimum Gasteiger partial charge on any atom is -0.394 e. The zero-order valence-electron chi connectivity index (χ0n) is 10.8. The number of hydrogen-bond acceptors (Lipinski definition) is 3. The van der Waals surface area contributed by atoms with Gasteiger partial charge in [-0.15, -0.1) is 0 Å². The molecule has 0 bridgehead atoms. The third-order valence-electron chi connectivity index (χ3n) is 2.99. The van der Waals surface area contributed by atoms with Crippen LogP contribution in [-0.2, 0) is 5.54 Å². The molecule has 6 heteroatoms. The van der Waals surface area contributed by atoms with Gasteiger partial charge < -0.3 is 10.8 Å². The maximum absolute atomic E-state index is 12.4. The number of halogens is 3. The number of nitrogens with two attached hydrogens (primary N) is 1. The largest absolute Gasteiger partial charge is 0.401 e. The Morgan fingerprint density at radius 1 is 1.16 bits per heavy atom. The molecule has 1 atom stereocenters. The highest BCUT2D eigenvalue weighted by atomic mass is 19.4. The van der Waals surface area contributed by atoms with Crippen molar-refractivity contribution in [2.75, 3.05) is 26.2 Å². The van der Waals surface area contributed by atoms with Gasteiger partial charge in [0, 0.05) is 6.54 Å². The molecule has 0 aliphatic heterocycles. The van der Waals surface area contributed by atoms with Crippen molar-refractivity contribution in [1.29, 1.82) is 0 Å². The third-order valence-corrected chi connectivity index (χ3v) is 2.99. The van der Waals surface area contributed by atoms with Gasteiger partial charge >= 0.3 is 6.18 Å². The first-order chi connectivity index (χ1) is 8.80. The minimum absolute atomic E-state index is 0.0521. The van der Waals surface area contributed by atoms with Gasteiger partial charge in [-0.2, -0.15) is 13.2 Å². The lowest BCUT2D eigenvalue weighted by Crippen LogP contribution is -2.52. The number of aliphatic hydroxyl groups is 1. The van der Waals surface area contributed by atoms with Gasteiger partial charge in [0.1, 0.15) is 0 Å². The number of alkyl halides is 3. The summed E-state index contributed by atoms with van der Waals surface area (Å²) in [6.07, 6.45) is -4.27. The average Bonchev–Trinajstić information content (AvgIpc) is 2.37. The molecule has 0 amide bonds. The molecule has 1 unspecified atom stereocenters. The Balaban J connectivity index is 2.85. The second kappa shape index (κ2) is 6.36. The molecule has 19 heavy (non-hydrogen) atoms. The molecule has 3 nitrogen and oxygen atoms in total. The van der Waals surface area contributed by atoms with E-state index in [9.17, 15) is 18.3 Å². The zero-order valence-corrected chi connectivity index (χ0v) is 10.8. The number of aliphatic hydroxyl groups excluding tert-OH is 1. The molecule has 0 heterocycles. The molecule has 0 aliphatic rings. The van der Waals surface area contributed by atoms with Crippen molar-refractivity contribution in [2.24, 2.45) is 5.73 Å². The Labute approximate surface area is 110 Å². The molecule has 1 aromatic rings. The Morgan fingerprint density at radius 2 is 1.74 bits per heavy atom. The molecule has 0 aliphatic carbocycles. The highest BCUT2D eigenvalue weighted by Crippen LogP contribution is 2.22. The zero-order chi connectivity index (χ0) is 14.5. The minimum atomic E-state index is -4.27. The van der Waals surface area contributed by atoms with E-state index in [2.05, 4.69) is 0 Å². The van der Waals surface area contributed by atoms with Gasteiger partial charge in [0.05, 0.1) is 18.7 Å². The van der Waals surface area contributed by atoms with Crippen LogP contribution in [0.5, 0.6) is 0 Å². The molecule has 3 N–H and O–H groups in total. The summed E-state index contributed by atoms with van der Waals surface area (Å²) >= 11 is 0. The van der Waals surface area contributed by atoms with E-state index in [1.165, 1.54) is 4.90 Å². The molecule has 1 rings (SSSR count). The lowest BCUT2D eigenvalue weighted by Gasteiger charge is -2.34. The highest BCUT2D eigenvalue weighted by Gasteiger charge is 2.35. The van der Waals surface area contributed by atoms with Crippen LogP contribution in [0, 0.1) is 0 Å². The number of rotatable bonds is 6. The van der Waals surface area contributed by atoms with Crippen molar-refractivity contribution < 1.29 is 18.3 Å². The lowest BCUT2D eigenvalue weighted by molar-refractivity contribution is -0.147. The van der Waals surface area contributed by atoms with Gasteiger partial charge in [0.15, 0.2) is 0 Å². The molecule has 1 aromatic carbocycles. The van der Waals surface area contributed by atoms with Gasteiger partial charge in [0.2, 0.25) is 0 Å². The molecule has 0 radical (unpaired) electrons. The summed E-state index contributed by atoms with van der Waals surface area (Å²) in [5.41, 5.74) is 5.49. The first-order valence-electron chi connectivity index (χ1n) is 6.05. The highest BCUT2D eigenvalue weighted by molar-refractivity contribution is 5.24. The fourth-order valence-corrected chi connectivity index (χ4v) is 1.93. The standard InChI is InChI=1S/C13H19F3N2O/c1-2-18(9-13(14,15)16)8-12(17,10-19)11-6-4-3-5-7-11/h3-7,19H,2,8-10,17H2,1H3. The van der Waals surface area contributed by atoms with Gasteiger partial charge in [-0.05, 0) is 12.1 Å². The van der Waals surface area contributed by atoms with Crippen molar-refractivity contribution in [3.8, 4) is 0 Å². The predicted molar refractivity (Wildman–Crippen MR) is 67.6 cm³/mol. The monoisotopic (exact) mass is 276 g/mol. The van der Waals surface area contributed by atoms with Crippen molar-refractivity contribution in [3.63, 3.8) is 0 Å². The lowest BCUT2D eigenvalue weighted by atomic mass is 9.91. The molecule has 0 aromatic heterocycles. The topological polar surface area (TPSA) is 49.5 Å². The number of likely N-dealkylation sites (N-methyl/N-ethyl adjacent to an activating group) is 1. The fourth-order valence-electron chi connectivity index (χ4n) is 1.93. The van der Waals surface area contributed by atoms with E-state index in [0.29, 0.717) is 5.56 Å². The van der Waals surface area contributed by atoms with Gasteiger partial charge in [-0.25, -0.2) is 0 Å². The maximum Gasteiger partial charge on any atom is 0.401 e. The number of hydrogen-bond donors (Lipinski definition) is 2. The van der Waals surface area contributed by atoms with E-state index in [1.807, 2.05) is 0 Å². The SMILES string of the molecule is CCN(CC(F)(F)F)CC(N)(CO)c1ccccc1. The van der Waals surface area contributed by atoms with Crippen molar-refractivity contribution in [3.05, 3.63) is 35.9 Å². The van der Waals surface area contributed by atoms with Crippen LogP contribution in [0.25, 0.3) is 0 Å². The molecule has 0 spiro atoms. The number of nitrogens with zero attached hydrogens (tertiary/aromatic N) is 1. The summed E-state index contributed by atoms with van der Waals surface area (Å²) in [7, 11) is 0. The quantitative estimate of drug-likeness (QED) is 0.831. The molecule has 0 fully saturated rings. The molecular weight excluding hydrogens is 257 g/mol. The van der Waals surface area contributed by atoms with Crippen LogP contribution >= 0.6 is 0 Å². The van der Waals surface area contributed by atoms with E-state index in [-0.39, 0.29) is 13.1 Å². The number of benzene rings is 1. The molecular formula is C13H19F3N2O. The van der Waals surface area contributed by atoms with E-state index in [1.54, 1.807) is 37.3 Å². The van der Waals surface area contributed by atoms with Crippen LogP contribution in [-0.4, -0.2) is 42.4 Å². The first kappa shape index (κ1) is 15.9. The van der Waals surface area contributed by atoms with Crippen LogP contribution in [0.1, 0.15) is 12.5 Å². The van der Waals surface area contributed by atoms with Gasteiger partial charge in [-0.3, -0.25) is 4.90 Å². The van der Waals surface area contributed by atoms with Gasteiger partial charge in [0.25, 0.3) is 0 Å². The Morgan fingerprint density at radius 3 is 2.16 bits per heavy atom. The van der Waals surface area contributed by atoms with Crippen LogP contribution in [0.2, 0.25) is 0 Å². The third kappa shape index (κ3) is 4.81. The van der Waals surface area contributed by atoms with E-state index >= 15 is 0 Å². The van der Waals surface area contributed by atoms with Crippen LogP contribution in [0.15, 0.2) is 30.3 Å². The van der Waals surface area contributed by atoms with Gasteiger partial charge in [-0.1, -0.05) is 37.3 Å². The maximum atomic E-state index is 12.4. The van der Waals surface area contributed by atoms with Crippen LogP contribution in [0.4, 0.5) is 13.2 Å². The summed E-state index contributed by atoms with van der Waals surface area (Å²) in [4.78, 5) is 1.18. The van der Waals surface area contributed by atoms with Crippen molar-refractivity contribution in [2.45, 2.75) is 18.6 Å². The normalized spacial score (nSPS) is 15.5.